The molecule has 7 nitrogen and oxygen atoms in total. The summed E-state index contributed by atoms with van der Waals surface area (Å²) in [7, 11) is 3.37. The number of amides is 1. The fraction of sp³-hybridized carbons (Fsp3) is 0.346. The lowest BCUT2D eigenvalue weighted by Gasteiger charge is -2.17. The number of para-hydroxylation sites is 1. The predicted molar refractivity (Wildman–Crippen MR) is 134 cm³/mol. The van der Waals surface area contributed by atoms with E-state index in [9.17, 15) is 9.59 Å². The number of aromatic nitrogens is 3. The molecule has 0 unspecified atom stereocenters. The van der Waals surface area contributed by atoms with Crippen LogP contribution in [0.4, 0.5) is 0 Å². The highest BCUT2D eigenvalue weighted by atomic mass is 35.5. The summed E-state index contributed by atoms with van der Waals surface area (Å²) in [5, 5.41) is 9.56. The Balaban J connectivity index is 1.73. The zero-order valence-corrected chi connectivity index (χ0v) is 20.1. The summed E-state index contributed by atoms with van der Waals surface area (Å²) in [5.41, 5.74) is 1.68. The molecule has 1 N–H and O–H groups in total. The first-order chi connectivity index (χ1) is 16.5. The lowest BCUT2D eigenvalue weighted by molar-refractivity contribution is 0.0928. The Morgan fingerprint density at radius 1 is 1.12 bits per heavy atom. The molecule has 1 amide bonds. The molecule has 0 saturated heterocycles. The van der Waals surface area contributed by atoms with Crippen molar-refractivity contribution >= 4 is 39.3 Å². The van der Waals surface area contributed by atoms with E-state index in [0.29, 0.717) is 27.4 Å². The smallest absolute Gasteiger partial charge is 0.296 e. The molecule has 2 aromatic heterocycles. The molecule has 2 aromatic carbocycles. The number of benzene rings is 2. The van der Waals surface area contributed by atoms with Gasteiger partial charge in [-0.2, -0.15) is 9.78 Å². The minimum absolute atomic E-state index is 0.109. The van der Waals surface area contributed by atoms with Gasteiger partial charge in [-0.3, -0.25) is 9.59 Å². The number of hydrogen-bond acceptors (Lipinski definition) is 4. The first-order valence-electron chi connectivity index (χ1n) is 11.6. The Morgan fingerprint density at radius 2 is 1.85 bits per heavy atom. The van der Waals surface area contributed by atoms with Crippen LogP contribution in [0.5, 0.6) is 5.75 Å². The SMILES string of the molecule is COc1ccc(-n2nc(C(=O)NC3CCCCCC3)c3c4ccccc4n(C)c3c2=O)cc1Cl. The number of halogens is 1. The van der Waals surface area contributed by atoms with Crippen molar-refractivity contribution in [3.63, 3.8) is 0 Å². The topological polar surface area (TPSA) is 78.2 Å². The van der Waals surface area contributed by atoms with E-state index in [1.807, 2.05) is 35.9 Å². The molecule has 0 bridgehead atoms. The lowest BCUT2D eigenvalue weighted by atomic mass is 10.1. The van der Waals surface area contributed by atoms with Gasteiger partial charge in [0.1, 0.15) is 11.3 Å². The van der Waals surface area contributed by atoms with E-state index in [0.717, 1.165) is 36.6 Å². The molecular formula is C26H27ClN4O3. The molecule has 2 heterocycles. The average Bonchev–Trinajstić information content (AvgIpc) is 2.98. The van der Waals surface area contributed by atoms with Crippen molar-refractivity contribution in [1.29, 1.82) is 0 Å². The molecule has 1 saturated carbocycles. The van der Waals surface area contributed by atoms with Gasteiger partial charge in [0.05, 0.1) is 17.8 Å². The number of nitrogens with one attached hydrogen (secondary N) is 1. The molecule has 0 radical (unpaired) electrons. The molecular weight excluding hydrogens is 452 g/mol. The fourth-order valence-corrected chi connectivity index (χ4v) is 5.23. The number of carbonyl (C=O) groups is 1. The first kappa shape index (κ1) is 22.5. The minimum atomic E-state index is -0.319. The Hall–Kier alpha value is -3.32. The van der Waals surface area contributed by atoms with Crippen molar-refractivity contribution in [2.24, 2.45) is 7.05 Å². The van der Waals surface area contributed by atoms with Gasteiger partial charge in [0.15, 0.2) is 5.69 Å². The van der Waals surface area contributed by atoms with Crippen LogP contribution in [0, 0.1) is 0 Å². The minimum Gasteiger partial charge on any atom is -0.495 e. The number of ether oxygens (including phenoxy) is 1. The van der Waals surface area contributed by atoms with Crippen LogP contribution in [0.1, 0.15) is 49.0 Å². The van der Waals surface area contributed by atoms with Crippen LogP contribution in [-0.2, 0) is 7.05 Å². The van der Waals surface area contributed by atoms with Gasteiger partial charge in [-0.15, -0.1) is 0 Å². The number of hydrogen-bond donors (Lipinski definition) is 1. The summed E-state index contributed by atoms with van der Waals surface area (Å²) in [6.45, 7) is 0. The first-order valence-corrected chi connectivity index (χ1v) is 12.0. The normalized spacial score (nSPS) is 14.9. The maximum atomic E-state index is 13.7. The molecule has 34 heavy (non-hydrogen) atoms. The van der Waals surface area contributed by atoms with Gasteiger partial charge in [0, 0.05) is 29.4 Å². The summed E-state index contributed by atoms with van der Waals surface area (Å²) in [5.74, 6) is 0.233. The Bertz CT molecular complexity index is 1450. The second kappa shape index (κ2) is 9.14. The average molecular weight is 479 g/mol. The molecule has 176 valence electrons. The van der Waals surface area contributed by atoms with Crippen LogP contribution in [0.15, 0.2) is 47.3 Å². The quantitative estimate of drug-likeness (QED) is 0.419. The van der Waals surface area contributed by atoms with Crippen molar-refractivity contribution in [2.75, 3.05) is 7.11 Å². The Kier molecular flexibility index (Phi) is 6.04. The fourth-order valence-electron chi connectivity index (χ4n) is 4.98. The second-order valence-corrected chi connectivity index (χ2v) is 9.25. The van der Waals surface area contributed by atoms with Crippen molar-refractivity contribution in [3.8, 4) is 11.4 Å². The standard InChI is InChI=1S/C26H27ClN4O3/c1-30-20-12-8-7-11-18(20)22-23(25(32)28-16-9-5-3-4-6-10-16)29-31(26(33)24(22)30)17-13-14-21(34-2)19(27)15-17/h7-8,11-16H,3-6,9-10H2,1-2H3,(H,28,32). The van der Waals surface area contributed by atoms with Gasteiger partial charge in [-0.05, 0) is 37.1 Å². The van der Waals surface area contributed by atoms with Gasteiger partial charge in [0.2, 0.25) is 0 Å². The highest BCUT2D eigenvalue weighted by Crippen LogP contribution is 2.30. The van der Waals surface area contributed by atoms with Gasteiger partial charge < -0.3 is 14.6 Å². The zero-order chi connectivity index (χ0) is 23.8. The van der Waals surface area contributed by atoms with E-state index >= 15 is 0 Å². The van der Waals surface area contributed by atoms with Crippen LogP contribution in [-0.4, -0.2) is 33.4 Å². The molecule has 1 aliphatic rings. The third kappa shape index (κ3) is 3.84. The molecule has 5 rings (SSSR count). The zero-order valence-electron chi connectivity index (χ0n) is 19.3. The molecule has 1 fully saturated rings. The second-order valence-electron chi connectivity index (χ2n) is 8.85. The van der Waals surface area contributed by atoms with Gasteiger partial charge in [-0.25, -0.2) is 0 Å². The van der Waals surface area contributed by atoms with E-state index < -0.39 is 0 Å². The third-order valence-corrected chi connectivity index (χ3v) is 7.02. The van der Waals surface area contributed by atoms with Crippen molar-refractivity contribution < 1.29 is 9.53 Å². The van der Waals surface area contributed by atoms with Crippen LogP contribution in [0.2, 0.25) is 5.02 Å². The van der Waals surface area contributed by atoms with Crippen LogP contribution < -0.4 is 15.6 Å². The van der Waals surface area contributed by atoms with Gasteiger partial charge in [-0.1, -0.05) is 55.5 Å². The van der Waals surface area contributed by atoms with Crippen LogP contribution >= 0.6 is 11.6 Å². The van der Waals surface area contributed by atoms with Crippen LogP contribution in [0.3, 0.4) is 0 Å². The number of rotatable bonds is 4. The Morgan fingerprint density at radius 3 is 2.56 bits per heavy atom. The van der Waals surface area contributed by atoms with Crippen molar-refractivity contribution in [3.05, 3.63) is 63.5 Å². The Labute approximate surface area is 202 Å². The maximum absolute atomic E-state index is 13.7. The van der Waals surface area contributed by atoms with Crippen LogP contribution in [0.25, 0.3) is 27.5 Å². The highest BCUT2D eigenvalue weighted by molar-refractivity contribution is 6.32. The van der Waals surface area contributed by atoms with E-state index in [-0.39, 0.29) is 23.2 Å². The summed E-state index contributed by atoms with van der Waals surface area (Å²) < 4.78 is 8.33. The van der Waals surface area contributed by atoms with E-state index in [1.54, 1.807) is 18.2 Å². The predicted octanol–water partition coefficient (Wildman–Crippen LogP) is 4.99. The molecule has 0 atom stereocenters. The molecule has 0 spiro atoms. The highest BCUT2D eigenvalue weighted by Gasteiger charge is 2.25. The molecule has 8 heteroatoms. The van der Waals surface area contributed by atoms with E-state index in [2.05, 4.69) is 10.4 Å². The molecule has 0 aliphatic heterocycles. The number of methoxy groups -OCH3 is 1. The summed E-state index contributed by atoms with van der Waals surface area (Å²) in [6.07, 6.45) is 6.51. The molecule has 4 aromatic rings. The largest absolute Gasteiger partial charge is 0.495 e. The number of fused-ring (bicyclic) bond motifs is 3. The monoisotopic (exact) mass is 478 g/mol. The summed E-state index contributed by atoms with van der Waals surface area (Å²) in [6, 6.07) is 12.8. The van der Waals surface area contributed by atoms with Crippen molar-refractivity contribution in [2.45, 2.75) is 44.6 Å². The third-order valence-electron chi connectivity index (χ3n) is 6.72. The van der Waals surface area contributed by atoms with Gasteiger partial charge >= 0.3 is 0 Å². The van der Waals surface area contributed by atoms with E-state index in [4.69, 9.17) is 16.3 Å². The van der Waals surface area contributed by atoms with E-state index in [1.165, 1.54) is 24.6 Å². The summed E-state index contributed by atoms with van der Waals surface area (Å²) >= 11 is 6.34. The maximum Gasteiger partial charge on any atom is 0.296 e. The molecule has 1 aliphatic carbocycles. The summed E-state index contributed by atoms with van der Waals surface area (Å²) in [4.78, 5) is 27.3. The lowest BCUT2D eigenvalue weighted by Crippen LogP contribution is -2.36. The number of nitrogens with zero attached hydrogens (tertiary/aromatic N) is 3. The van der Waals surface area contributed by atoms with Crippen molar-refractivity contribution in [1.82, 2.24) is 19.7 Å². The number of carbonyl (C=O) groups excluding carboxylic acids is 1. The number of aryl methyl sites for hydroxylation is 1. The van der Waals surface area contributed by atoms with Gasteiger partial charge in [0.25, 0.3) is 11.5 Å².